The number of nitrogens with one attached hydrogen (secondary N) is 1. The number of aromatic nitrogens is 2. The molecule has 0 radical (unpaired) electrons. The average Bonchev–Trinajstić information content (AvgIpc) is 2.80. The van der Waals surface area contributed by atoms with E-state index in [0.717, 1.165) is 0 Å². The van der Waals surface area contributed by atoms with Crippen molar-refractivity contribution in [3.8, 4) is 0 Å². The van der Waals surface area contributed by atoms with Crippen LogP contribution in [-0.4, -0.2) is 21.4 Å². The highest BCUT2D eigenvalue weighted by molar-refractivity contribution is 8.02. The fraction of sp³-hybridized carbons (Fsp3) is 0.250. The first-order chi connectivity index (χ1) is 9.97. The molecule has 1 amide bonds. The van der Waals surface area contributed by atoms with Gasteiger partial charge in [-0.1, -0.05) is 53.2 Å². The first-order valence-corrected chi connectivity index (χ1v) is 8.45. The van der Waals surface area contributed by atoms with E-state index in [2.05, 4.69) is 15.5 Å². The number of amides is 1. The highest BCUT2D eigenvalue weighted by atomic mass is 35.5. The van der Waals surface area contributed by atoms with Gasteiger partial charge in [0.1, 0.15) is 0 Å². The van der Waals surface area contributed by atoms with Crippen LogP contribution in [0.25, 0.3) is 0 Å². The molecule has 2 aromatic rings. The first kappa shape index (κ1) is 16.4. The predicted molar refractivity (Wildman–Crippen MR) is 89.3 cm³/mol. The summed E-state index contributed by atoms with van der Waals surface area (Å²) in [6.45, 7) is 1.92. The average molecular weight is 363 g/mol. The summed E-state index contributed by atoms with van der Waals surface area (Å²) in [7, 11) is 0. The highest BCUT2D eigenvalue weighted by Crippen LogP contribution is 2.30. The van der Waals surface area contributed by atoms with Gasteiger partial charge in [0.15, 0.2) is 4.34 Å². The molecule has 1 atom stereocenters. The van der Waals surface area contributed by atoms with E-state index in [1.165, 1.54) is 23.1 Å². The van der Waals surface area contributed by atoms with Gasteiger partial charge in [0, 0.05) is 15.7 Å². The summed E-state index contributed by atoms with van der Waals surface area (Å²) < 4.78 is 0.665. The summed E-state index contributed by atoms with van der Waals surface area (Å²) in [5.74, 6) is -0.144. The number of carbonyl (C=O) groups is 1. The third kappa shape index (κ3) is 4.74. The molecule has 0 spiro atoms. The summed E-state index contributed by atoms with van der Waals surface area (Å²) in [4.78, 5) is 12.3. The van der Waals surface area contributed by atoms with Crippen LogP contribution in [0, 0.1) is 0 Å². The molecule has 3 N–H and O–H groups in total. The SMILES string of the molecule is CCC(Sc1nnc(N)s1)C(=O)Nc1cc(Cl)cc(Cl)c1. The Morgan fingerprint density at radius 1 is 1.38 bits per heavy atom. The molecule has 0 saturated heterocycles. The van der Waals surface area contributed by atoms with Gasteiger partial charge in [-0.3, -0.25) is 4.79 Å². The Morgan fingerprint density at radius 3 is 2.57 bits per heavy atom. The summed E-state index contributed by atoms with van der Waals surface area (Å²) in [5, 5.41) is 11.5. The van der Waals surface area contributed by atoms with E-state index in [4.69, 9.17) is 28.9 Å². The summed E-state index contributed by atoms with van der Waals surface area (Å²) in [5.41, 5.74) is 6.09. The van der Waals surface area contributed by atoms with E-state index in [-0.39, 0.29) is 11.2 Å². The second-order valence-electron chi connectivity index (χ2n) is 4.07. The molecule has 1 aromatic heterocycles. The standard InChI is InChI=1S/C12H12Cl2N4OS2/c1-2-9(20-12-18-17-11(15)21-12)10(19)16-8-4-6(13)3-7(14)5-8/h3-5,9H,2H2,1H3,(H2,15,17)(H,16,19). The lowest BCUT2D eigenvalue weighted by Crippen LogP contribution is -2.24. The maximum atomic E-state index is 12.3. The van der Waals surface area contributed by atoms with Crippen molar-refractivity contribution >= 4 is 63.0 Å². The normalized spacial score (nSPS) is 12.1. The molecule has 5 nitrogen and oxygen atoms in total. The predicted octanol–water partition coefficient (Wildman–Crippen LogP) is 3.94. The zero-order valence-corrected chi connectivity index (χ0v) is 14.1. The van der Waals surface area contributed by atoms with Gasteiger partial charge in [0.25, 0.3) is 0 Å². The van der Waals surface area contributed by atoms with Gasteiger partial charge >= 0.3 is 0 Å². The minimum absolute atomic E-state index is 0.144. The van der Waals surface area contributed by atoms with Crippen molar-refractivity contribution in [3.05, 3.63) is 28.2 Å². The molecule has 1 aromatic carbocycles. The number of nitrogens with two attached hydrogens (primary N) is 1. The molecule has 0 aliphatic heterocycles. The Bertz CT molecular complexity index is 630. The largest absolute Gasteiger partial charge is 0.374 e. The topological polar surface area (TPSA) is 80.9 Å². The maximum absolute atomic E-state index is 12.3. The number of rotatable bonds is 5. The molecule has 1 unspecified atom stereocenters. The number of nitrogen functional groups attached to an aromatic ring is 1. The summed E-state index contributed by atoms with van der Waals surface area (Å²) in [6.07, 6.45) is 0.643. The van der Waals surface area contributed by atoms with Crippen LogP contribution in [0.4, 0.5) is 10.8 Å². The number of halogens is 2. The lowest BCUT2D eigenvalue weighted by Gasteiger charge is -2.13. The van der Waals surface area contributed by atoms with Crippen molar-refractivity contribution in [3.63, 3.8) is 0 Å². The van der Waals surface area contributed by atoms with Gasteiger partial charge in [0.2, 0.25) is 11.0 Å². The van der Waals surface area contributed by atoms with Crippen molar-refractivity contribution in [1.82, 2.24) is 10.2 Å². The molecule has 9 heteroatoms. The minimum Gasteiger partial charge on any atom is -0.374 e. The van der Waals surface area contributed by atoms with Crippen molar-refractivity contribution in [2.75, 3.05) is 11.1 Å². The van der Waals surface area contributed by atoms with Crippen LogP contribution >= 0.6 is 46.3 Å². The van der Waals surface area contributed by atoms with E-state index in [1.807, 2.05) is 6.92 Å². The van der Waals surface area contributed by atoms with E-state index in [0.29, 0.717) is 31.6 Å². The third-order valence-corrected chi connectivity index (χ3v) is 5.10. The second-order valence-corrected chi connectivity index (χ2v) is 7.40. The Kier molecular flexibility index (Phi) is 5.69. The first-order valence-electron chi connectivity index (χ1n) is 6.00. The van der Waals surface area contributed by atoms with Crippen LogP contribution < -0.4 is 11.1 Å². The molecule has 0 saturated carbocycles. The zero-order valence-electron chi connectivity index (χ0n) is 11.0. The number of hydrogen-bond donors (Lipinski definition) is 2. The molecular weight excluding hydrogens is 351 g/mol. The number of nitrogens with zero attached hydrogens (tertiary/aromatic N) is 2. The van der Waals surface area contributed by atoms with Crippen molar-refractivity contribution in [2.24, 2.45) is 0 Å². The Hall–Kier alpha value is -1.02. The highest BCUT2D eigenvalue weighted by Gasteiger charge is 2.20. The van der Waals surface area contributed by atoms with E-state index >= 15 is 0 Å². The molecule has 0 fully saturated rings. The van der Waals surface area contributed by atoms with E-state index in [1.54, 1.807) is 18.2 Å². The van der Waals surface area contributed by atoms with Crippen molar-refractivity contribution in [1.29, 1.82) is 0 Å². The van der Waals surface area contributed by atoms with Crippen molar-refractivity contribution in [2.45, 2.75) is 22.9 Å². The Labute approximate surface area is 140 Å². The van der Waals surface area contributed by atoms with Crippen LogP contribution in [0.3, 0.4) is 0 Å². The van der Waals surface area contributed by atoms with Gasteiger partial charge in [-0.05, 0) is 24.6 Å². The lowest BCUT2D eigenvalue weighted by molar-refractivity contribution is -0.115. The minimum atomic E-state index is -0.296. The molecular formula is C12H12Cl2N4OS2. The number of hydrogen-bond acceptors (Lipinski definition) is 6. The summed E-state index contributed by atoms with van der Waals surface area (Å²) in [6, 6.07) is 4.89. The van der Waals surface area contributed by atoms with Gasteiger partial charge < -0.3 is 11.1 Å². The fourth-order valence-corrected chi connectivity index (χ4v) is 3.89. The Balaban J connectivity index is 2.05. The van der Waals surface area contributed by atoms with Crippen LogP contribution in [0.1, 0.15) is 13.3 Å². The van der Waals surface area contributed by atoms with Gasteiger partial charge in [-0.2, -0.15) is 0 Å². The summed E-state index contributed by atoms with van der Waals surface area (Å²) >= 11 is 14.4. The number of carbonyl (C=O) groups excluding carboxylic acids is 1. The molecule has 0 bridgehead atoms. The van der Waals surface area contributed by atoms with Crippen LogP contribution in [0.5, 0.6) is 0 Å². The Morgan fingerprint density at radius 2 is 2.05 bits per heavy atom. The molecule has 1 heterocycles. The van der Waals surface area contributed by atoms with E-state index in [9.17, 15) is 4.79 Å². The quantitative estimate of drug-likeness (QED) is 0.787. The maximum Gasteiger partial charge on any atom is 0.237 e. The molecule has 21 heavy (non-hydrogen) atoms. The second kappa shape index (κ2) is 7.31. The number of benzene rings is 1. The van der Waals surface area contributed by atoms with Crippen molar-refractivity contribution < 1.29 is 4.79 Å². The van der Waals surface area contributed by atoms with Crippen LogP contribution in [0.15, 0.2) is 22.5 Å². The zero-order chi connectivity index (χ0) is 15.4. The molecule has 0 aliphatic carbocycles. The monoisotopic (exact) mass is 362 g/mol. The van der Waals surface area contributed by atoms with Crippen LogP contribution in [-0.2, 0) is 4.79 Å². The third-order valence-electron chi connectivity index (χ3n) is 2.46. The fourth-order valence-electron chi connectivity index (χ4n) is 1.56. The van der Waals surface area contributed by atoms with Gasteiger partial charge in [-0.15, -0.1) is 10.2 Å². The van der Waals surface area contributed by atoms with Crippen LogP contribution in [0.2, 0.25) is 10.0 Å². The van der Waals surface area contributed by atoms with Gasteiger partial charge in [0.05, 0.1) is 5.25 Å². The van der Waals surface area contributed by atoms with E-state index < -0.39 is 0 Å². The number of thioether (sulfide) groups is 1. The smallest absolute Gasteiger partial charge is 0.237 e. The molecule has 2 rings (SSSR count). The van der Waals surface area contributed by atoms with Gasteiger partial charge in [-0.25, -0.2) is 0 Å². The molecule has 112 valence electrons. The number of anilines is 2. The lowest BCUT2D eigenvalue weighted by atomic mass is 10.2. The molecule has 0 aliphatic rings.